The molecule has 8 heteroatoms. The van der Waals surface area contributed by atoms with Gasteiger partial charge >= 0.3 is 0 Å². The third kappa shape index (κ3) is 3.73. The van der Waals surface area contributed by atoms with Crippen molar-refractivity contribution in [1.29, 1.82) is 0 Å². The Balaban J connectivity index is 1.68. The summed E-state index contributed by atoms with van der Waals surface area (Å²) in [4.78, 5) is 36.6. The molecule has 1 amide bonds. The standard InChI is InChI=1S/C19H20ClN5O2/c20-13-4-6-14(7-5-13)21-18-17-15(2-1-3-16(17)27)22-19(23-18)25-10-8-24(12-26)9-11-25/h4-7,12H,1-3,8-11H2,(H,21,22,23). The van der Waals surface area contributed by atoms with Gasteiger partial charge in [0.05, 0.1) is 11.3 Å². The van der Waals surface area contributed by atoms with Gasteiger partial charge in [-0.1, -0.05) is 11.6 Å². The average Bonchev–Trinajstić information content (AvgIpc) is 2.69. The molecule has 4 rings (SSSR count). The summed E-state index contributed by atoms with van der Waals surface area (Å²) in [6.07, 6.45) is 2.96. The van der Waals surface area contributed by atoms with E-state index >= 15 is 0 Å². The number of hydrogen-bond acceptors (Lipinski definition) is 6. The fraction of sp³-hybridized carbons (Fsp3) is 0.368. The number of fused-ring (bicyclic) bond motifs is 1. The molecule has 0 radical (unpaired) electrons. The highest BCUT2D eigenvalue weighted by Crippen LogP contribution is 2.30. The fourth-order valence-corrected chi connectivity index (χ4v) is 3.56. The number of amides is 1. The van der Waals surface area contributed by atoms with Gasteiger partial charge in [0, 0.05) is 43.3 Å². The maximum absolute atomic E-state index is 12.5. The van der Waals surface area contributed by atoms with Gasteiger partial charge in [0.2, 0.25) is 12.4 Å². The summed E-state index contributed by atoms with van der Waals surface area (Å²) in [7, 11) is 0. The van der Waals surface area contributed by atoms with Crippen molar-refractivity contribution in [2.45, 2.75) is 19.3 Å². The van der Waals surface area contributed by atoms with Crippen LogP contribution in [-0.2, 0) is 11.2 Å². The van der Waals surface area contributed by atoms with Gasteiger partial charge in [-0.2, -0.15) is 4.98 Å². The molecule has 140 valence electrons. The van der Waals surface area contributed by atoms with Gasteiger partial charge in [0.25, 0.3) is 0 Å². The van der Waals surface area contributed by atoms with Crippen LogP contribution >= 0.6 is 11.6 Å². The van der Waals surface area contributed by atoms with Gasteiger partial charge in [-0.15, -0.1) is 0 Å². The molecule has 27 heavy (non-hydrogen) atoms. The molecule has 1 aromatic heterocycles. The van der Waals surface area contributed by atoms with Gasteiger partial charge in [-0.05, 0) is 37.1 Å². The molecule has 1 fully saturated rings. The lowest BCUT2D eigenvalue weighted by Crippen LogP contribution is -2.46. The molecular formula is C19H20ClN5O2. The Bertz CT molecular complexity index is 863. The second-order valence-electron chi connectivity index (χ2n) is 6.73. The lowest BCUT2D eigenvalue weighted by Gasteiger charge is -2.33. The maximum atomic E-state index is 12.5. The van der Waals surface area contributed by atoms with Crippen LogP contribution in [0.4, 0.5) is 17.5 Å². The molecule has 1 aliphatic carbocycles. The highest BCUT2D eigenvalue weighted by Gasteiger charge is 2.27. The highest BCUT2D eigenvalue weighted by molar-refractivity contribution is 6.30. The molecular weight excluding hydrogens is 366 g/mol. The molecule has 0 spiro atoms. The van der Waals surface area contributed by atoms with Crippen molar-refractivity contribution in [3.63, 3.8) is 0 Å². The topological polar surface area (TPSA) is 78.4 Å². The highest BCUT2D eigenvalue weighted by atomic mass is 35.5. The molecule has 0 atom stereocenters. The van der Waals surface area contributed by atoms with Crippen LogP contribution in [0.5, 0.6) is 0 Å². The van der Waals surface area contributed by atoms with Crippen molar-refractivity contribution in [2.75, 3.05) is 36.4 Å². The number of ketones is 1. The number of Topliss-reactive ketones (excluding diaryl/α,β-unsaturated/α-hetero) is 1. The molecule has 2 heterocycles. The number of hydrogen-bond donors (Lipinski definition) is 1. The van der Waals surface area contributed by atoms with Crippen LogP contribution in [0.25, 0.3) is 0 Å². The number of nitrogens with zero attached hydrogens (tertiary/aromatic N) is 4. The summed E-state index contributed by atoms with van der Waals surface area (Å²) < 4.78 is 0. The number of benzene rings is 1. The van der Waals surface area contributed by atoms with Crippen LogP contribution in [0.2, 0.25) is 5.02 Å². The van der Waals surface area contributed by atoms with Crippen LogP contribution in [0.1, 0.15) is 28.9 Å². The molecule has 1 saturated heterocycles. The zero-order chi connectivity index (χ0) is 18.8. The minimum atomic E-state index is 0.0741. The van der Waals surface area contributed by atoms with Gasteiger partial charge < -0.3 is 15.1 Å². The number of aromatic nitrogens is 2. The number of anilines is 3. The van der Waals surface area contributed by atoms with Gasteiger partial charge in [0.15, 0.2) is 5.78 Å². The van der Waals surface area contributed by atoms with E-state index in [1.807, 2.05) is 12.1 Å². The van der Waals surface area contributed by atoms with E-state index in [0.29, 0.717) is 55.0 Å². The summed E-state index contributed by atoms with van der Waals surface area (Å²) in [6.45, 7) is 2.63. The van der Waals surface area contributed by atoms with Gasteiger partial charge in [-0.3, -0.25) is 9.59 Å². The molecule has 0 bridgehead atoms. The lowest BCUT2D eigenvalue weighted by atomic mass is 9.95. The van der Waals surface area contributed by atoms with Crippen molar-refractivity contribution in [2.24, 2.45) is 0 Å². The molecule has 7 nitrogen and oxygen atoms in total. The van der Waals surface area contributed by atoms with Crippen LogP contribution < -0.4 is 10.2 Å². The van der Waals surface area contributed by atoms with E-state index in [-0.39, 0.29) is 5.78 Å². The quantitative estimate of drug-likeness (QED) is 0.815. The van der Waals surface area contributed by atoms with Crippen LogP contribution in [0.3, 0.4) is 0 Å². The normalized spacial score (nSPS) is 16.9. The van der Waals surface area contributed by atoms with E-state index in [4.69, 9.17) is 11.6 Å². The number of nitrogens with one attached hydrogen (secondary N) is 1. The molecule has 0 saturated carbocycles. The molecule has 2 aliphatic rings. The Morgan fingerprint density at radius 3 is 2.48 bits per heavy atom. The van der Waals surface area contributed by atoms with Gasteiger partial charge in [0.1, 0.15) is 5.82 Å². The van der Waals surface area contributed by atoms with Crippen molar-refractivity contribution < 1.29 is 9.59 Å². The summed E-state index contributed by atoms with van der Waals surface area (Å²) >= 11 is 5.96. The van der Waals surface area contributed by atoms with Crippen molar-refractivity contribution in [3.8, 4) is 0 Å². The fourth-order valence-electron chi connectivity index (χ4n) is 3.44. The van der Waals surface area contributed by atoms with Crippen LogP contribution in [-0.4, -0.2) is 53.2 Å². The van der Waals surface area contributed by atoms with Crippen molar-refractivity contribution in [1.82, 2.24) is 14.9 Å². The summed E-state index contributed by atoms with van der Waals surface area (Å²) in [5.41, 5.74) is 2.20. The lowest BCUT2D eigenvalue weighted by molar-refractivity contribution is -0.118. The first-order valence-corrected chi connectivity index (χ1v) is 9.43. The van der Waals surface area contributed by atoms with E-state index in [0.717, 1.165) is 30.6 Å². The van der Waals surface area contributed by atoms with E-state index in [1.165, 1.54) is 0 Å². The second kappa shape index (κ2) is 7.52. The van der Waals surface area contributed by atoms with E-state index in [2.05, 4.69) is 20.2 Å². The first-order valence-electron chi connectivity index (χ1n) is 9.05. The van der Waals surface area contributed by atoms with Crippen molar-refractivity contribution in [3.05, 3.63) is 40.5 Å². The smallest absolute Gasteiger partial charge is 0.227 e. The zero-order valence-corrected chi connectivity index (χ0v) is 15.6. The predicted octanol–water partition coefficient (Wildman–Crippen LogP) is 2.67. The van der Waals surface area contributed by atoms with Crippen LogP contribution in [0, 0.1) is 0 Å². The number of carbonyl (C=O) groups excluding carboxylic acids is 2. The SMILES string of the molecule is O=CN1CCN(c2nc3c(c(Nc4ccc(Cl)cc4)n2)C(=O)CCC3)CC1. The van der Waals surface area contributed by atoms with Gasteiger partial charge in [-0.25, -0.2) is 4.98 Å². The molecule has 2 aromatic rings. The summed E-state index contributed by atoms with van der Waals surface area (Å²) in [5, 5.41) is 3.91. The van der Waals surface area contributed by atoms with E-state index in [9.17, 15) is 9.59 Å². The number of piperazine rings is 1. The second-order valence-corrected chi connectivity index (χ2v) is 7.17. The van der Waals surface area contributed by atoms with Crippen LogP contribution in [0.15, 0.2) is 24.3 Å². The molecule has 1 aliphatic heterocycles. The Hall–Kier alpha value is -2.67. The number of carbonyl (C=O) groups is 2. The third-order valence-corrected chi connectivity index (χ3v) is 5.17. The maximum Gasteiger partial charge on any atom is 0.227 e. The van der Waals surface area contributed by atoms with E-state index in [1.54, 1.807) is 17.0 Å². The number of halogens is 1. The summed E-state index contributed by atoms with van der Waals surface area (Å²) in [5.74, 6) is 1.22. The van der Waals surface area contributed by atoms with E-state index < -0.39 is 0 Å². The average molecular weight is 386 g/mol. The Labute approximate surface area is 162 Å². The minimum absolute atomic E-state index is 0.0741. The minimum Gasteiger partial charge on any atom is -0.342 e. The number of rotatable bonds is 4. The molecule has 0 unspecified atom stereocenters. The molecule has 1 N–H and O–H groups in total. The first kappa shape index (κ1) is 17.7. The Kier molecular flexibility index (Phi) is 4.94. The van der Waals surface area contributed by atoms with Crippen molar-refractivity contribution >= 4 is 41.2 Å². The largest absolute Gasteiger partial charge is 0.342 e. The molecule has 1 aromatic carbocycles. The first-order chi connectivity index (χ1) is 13.1. The summed E-state index contributed by atoms with van der Waals surface area (Å²) in [6, 6.07) is 7.29. The third-order valence-electron chi connectivity index (χ3n) is 4.92. The Morgan fingerprint density at radius 2 is 1.78 bits per heavy atom. The predicted molar refractivity (Wildman–Crippen MR) is 104 cm³/mol. The monoisotopic (exact) mass is 385 g/mol. The zero-order valence-electron chi connectivity index (χ0n) is 14.8. The Morgan fingerprint density at radius 1 is 1.04 bits per heavy atom. The number of aryl methyl sites for hydroxylation is 1.